The molecular weight excluding hydrogens is 216 g/mol. The molecule has 0 fully saturated rings. The molecule has 0 rings (SSSR count). The van der Waals surface area contributed by atoms with Gasteiger partial charge in [0.1, 0.15) is 11.6 Å². The van der Waals surface area contributed by atoms with Crippen molar-refractivity contribution in [2.45, 2.75) is 32.4 Å². The number of carbonyl (C=O) groups excluding carboxylic acids is 1. The van der Waals surface area contributed by atoms with Crippen LogP contribution in [0, 0.1) is 0 Å². The van der Waals surface area contributed by atoms with Crippen LogP contribution in [0.5, 0.6) is 0 Å². The van der Waals surface area contributed by atoms with E-state index in [1.165, 1.54) is 21.3 Å². The van der Waals surface area contributed by atoms with Crippen LogP contribution in [-0.4, -0.2) is 41.7 Å². The third kappa shape index (κ3) is 5.27. The lowest BCUT2D eigenvalue weighted by molar-refractivity contribution is -0.152. The van der Waals surface area contributed by atoms with Crippen molar-refractivity contribution in [1.29, 1.82) is 0 Å². The minimum atomic E-state index is -2.85. The highest BCUT2D eigenvalue weighted by molar-refractivity contribution is 6.63. The summed E-state index contributed by atoms with van der Waals surface area (Å²) in [5.74, 6) is -0.375. The van der Waals surface area contributed by atoms with E-state index in [2.05, 4.69) is 0 Å². The summed E-state index contributed by atoms with van der Waals surface area (Å²) < 4.78 is 20.5. The van der Waals surface area contributed by atoms with Gasteiger partial charge in [-0.2, -0.15) is 0 Å². The molecule has 0 radical (unpaired) electrons. The summed E-state index contributed by atoms with van der Waals surface area (Å²) >= 11 is 0. The van der Waals surface area contributed by atoms with Crippen LogP contribution in [0.15, 0.2) is 0 Å². The molecule has 0 aliphatic rings. The average molecular weight is 236 g/mol. The lowest BCUT2D eigenvalue weighted by atomic mass is 10.2. The third-order valence-corrected chi connectivity index (χ3v) is 4.30. The van der Waals surface area contributed by atoms with E-state index in [1.807, 2.05) is 0 Å². The smallest absolute Gasteiger partial charge is 0.460 e. The maximum Gasteiger partial charge on any atom is 0.511 e. The van der Waals surface area contributed by atoms with E-state index >= 15 is 0 Å². The molecule has 0 saturated heterocycles. The zero-order valence-corrected chi connectivity index (χ0v) is 11.2. The van der Waals surface area contributed by atoms with Gasteiger partial charge in [-0.15, -0.1) is 0 Å². The first kappa shape index (κ1) is 14.6. The minimum Gasteiger partial charge on any atom is -0.460 e. The van der Waals surface area contributed by atoms with Gasteiger partial charge in [-0.05, 0) is 20.8 Å². The van der Waals surface area contributed by atoms with E-state index in [9.17, 15) is 4.79 Å². The highest BCUT2D eigenvalue weighted by Gasteiger charge is 2.42. The van der Waals surface area contributed by atoms with Crippen LogP contribution in [0.25, 0.3) is 0 Å². The van der Waals surface area contributed by atoms with Crippen LogP contribution in [-0.2, 0) is 22.8 Å². The van der Waals surface area contributed by atoms with Crippen molar-refractivity contribution in [1.82, 2.24) is 0 Å². The van der Waals surface area contributed by atoms with Gasteiger partial charge < -0.3 is 18.0 Å². The Labute approximate surface area is 92.0 Å². The Kier molecular flexibility index (Phi) is 5.43. The van der Waals surface area contributed by atoms with Crippen LogP contribution in [0.1, 0.15) is 20.8 Å². The first-order valence-corrected chi connectivity index (χ1v) is 6.59. The summed E-state index contributed by atoms with van der Waals surface area (Å²) in [6, 6.07) is 0.0216. The number of carbonyl (C=O) groups is 1. The molecule has 6 heteroatoms. The van der Waals surface area contributed by atoms with E-state index in [4.69, 9.17) is 18.0 Å². The lowest BCUT2D eigenvalue weighted by Gasteiger charge is -2.26. The van der Waals surface area contributed by atoms with Crippen molar-refractivity contribution < 1.29 is 22.8 Å². The fourth-order valence-electron chi connectivity index (χ4n) is 1.02. The van der Waals surface area contributed by atoms with Crippen LogP contribution < -0.4 is 0 Å². The second kappa shape index (κ2) is 5.60. The Morgan fingerprint density at radius 1 is 1.07 bits per heavy atom. The molecular formula is C9H20O5Si. The Bertz CT molecular complexity index is 199. The van der Waals surface area contributed by atoms with Gasteiger partial charge >= 0.3 is 14.8 Å². The summed E-state index contributed by atoms with van der Waals surface area (Å²) in [7, 11) is 1.53. The fourth-order valence-corrected chi connectivity index (χ4v) is 2.38. The molecule has 0 aromatic rings. The van der Waals surface area contributed by atoms with Gasteiger partial charge in [-0.25, -0.2) is 0 Å². The normalized spacial score (nSPS) is 12.7. The zero-order chi connectivity index (χ0) is 12.1. The Morgan fingerprint density at radius 2 is 1.47 bits per heavy atom. The number of rotatable bonds is 5. The molecule has 0 aliphatic heterocycles. The molecule has 0 saturated carbocycles. The SMILES string of the molecule is CO[Si](CC(=O)OC(C)(C)C)(OC)OC. The zero-order valence-electron chi connectivity index (χ0n) is 10.2. The molecule has 0 atom stereocenters. The minimum absolute atomic E-state index is 0.0216. The van der Waals surface area contributed by atoms with Crippen LogP contribution in [0.2, 0.25) is 6.04 Å². The van der Waals surface area contributed by atoms with Crippen molar-refractivity contribution in [2.24, 2.45) is 0 Å². The molecule has 0 unspecified atom stereocenters. The van der Waals surface area contributed by atoms with Gasteiger partial charge in [0, 0.05) is 21.3 Å². The number of ether oxygens (including phenoxy) is 1. The van der Waals surface area contributed by atoms with Crippen molar-refractivity contribution in [3.8, 4) is 0 Å². The lowest BCUT2D eigenvalue weighted by Crippen LogP contribution is -2.45. The summed E-state index contributed by atoms with van der Waals surface area (Å²) in [5.41, 5.74) is -0.507. The standard InChI is InChI=1S/C9H20O5Si/c1-9(2,3)14-8(10)7-15(11-4,12-5)13-6/h7H2,1-6H3. The second-order valence-electron chi connectivity index (χ2n) is 4.06. The Balaban J connectivity index is 4.36. The predicted octanol–water partition coefficient (Wildman–Crippen LogP) is 1.21. The van der Waals surface area contributed by atoms with Crippen molar-refractivity contribution in [2.75, 3.05) is 21.3 Å². The molecule has 0 amide bonds. The maximum absolute atomic E-state index is 11.5. The van der Waals surface area contributed by atoms with Gasteiger partial charge in [0.15, 0.2) is 0 Å². The second-order valence-corrected chi connectivity index (χ2v) is 7.00. The fraction of sp³-hybridized carbons (Fsp3) is 0.889. The number of esters is 1. The van der Waals surface area contributed by atoms with Gasteiger partial charge in [0.05, 0.1) is 0 Å². The quantitative estimate of drug-likeness (QED) is 0.530. The van der Waals surface area contributed by atoms with E-state index in [0.29, 0.717) is 0 Å². The molecule has 0 aromatic carbocycles. The molecule has 90 valence electrons. The average Bonchev–Trinajstić information content (AvgIpc) is 2.11. The van der Waals surface area contributed by atoms with Crippen molar-refractivity contribution in [3.63, 3.8) is 0 Å². The molecule has 0 bridgehead atoms. The summed E-state index contributed by atoms with van der Waals surface area (Å²) in [5, 5.41) is 0. The first-order chi connectivity index (χ1) is 6.78. The molecule has 0 N–H and O–H groups in total. The van der Waals surface area contributed by atoms with E-state index in [1.54, 1.807) is 20.8 Å². The summed E-state index contributed by atoms with van der Waals surface area (Å²) in [6.45, 7) is 5.42. The van der Waals surface area contributed by atoms with Crippen molar-refractivity contribution >= 4 is 14.8 Å². The number of hydrogen-bond acceptors (Lipinski definition) is 5. The first-order valence-electron chi connectivity index (χ1n) is 4.66. The highest BCUT2D eigenvalue weighted by atomic mass is 28.4. The van der Waals surface area contributed by atoms with E-state index in [0.717, 1.165) is 0 Å². The van der Waals surface area contributed by atoms with E-state index < -0.39 is 14.4 Å². The maximum atomic E-state index is 11.5. The summed E-state index contributed by atoms with van der Waals surface area (Å²) in [4.78, 5) is 11.5. The predicted molar refractivity (Wildman–Crippen MR) is 57.4 cm³/mol. The van der Waals surface area contributed by atoms with Crippen LogP contribution in [0.3, 0.4) is 0 Å². The van der Waals surface area contributed by atoms with E-state index in [-0.39, 0.29) is 12.0 Å². The monoisotopic (exact) mass is 236 g/mol. The van der Waals surface area contributed by atoms with Gasteiger partial charge in [0.25, 0.3) is 0 Å². The topological polar surface area (TPSA) is 54.0 Å². The number of hydrogen-bond donors (Lipinski definition) is 0. The van der Waals surface area contributed by atoms with Crippen molar-refractivity contribution in [3.05, 3.63) is 0 Å². The molecule has 0 aliphatic carbocycles. The molecule has 15 heavy (non-hydrogen) atoms. The van der Waals surface area contributed by atoms with Gasteiger partial charge in [-0.1, -0.05) is 0 Å². The van der Waals surface area contributed by atoms with Gasteiger partial charge in [0.2, 0.25) is 0 Å². The summed E-state index contributed by atoms with van der Waals surface area (Å²) in [6.07, 6.45) is 0. The third-order valence-electron chi connectivity index (χ3n) is 1.71. The molecule has 0 spiro atoms. The molecule has 0 heterocycles. The largest absolute Gasteiger partial charge is 0.511 e. The van der Waals surface area contributed by atoms with Gasteiger partial charge in [-0.3, -0.25) is 4.79 Å². The Hall–Kier alpha value is -0.433. The highest BCUT2D eigenvalue weighted by Crippen LogP contribution is 2.16. The van der Waals surface area contributed by atoms with Crippen LogP contribution >= 0.6 is 0 Å². The van der Waals surface area contributed by atoms with Crippen LogP contribution in [0.4, 0.5) is 0 Å². The Morgan fingerprint density at radius 3 is 1.73 bits per heavy atom. The molecule has 0 aromatic heterocycles. The molecule has 5 nitrogen and oxygen atoms in total.